The first-order valence-corrected chi connectivity index (χ1v) is 5.82. The van der Waals surface area contributed by atoms with Crippen LogP contribution in [0.3, 0.4) is 0 Å². The van der Waals surface area contributed by atoms with E-state index in [-0.39, 0.29) is 6.29 Å². The number of amides is 1. The van der Waals surface area contributed by atoms with Crippen LogP contribution in [-0.2, 0) is 19.1 Å². The molecule has 20 heavy (non-hydrogen) atoms. The van der Waals surface area contributed by atoms with Crippen LogP contribution in [0.1, 0.15) is 13.8 Å². The van der Waals surface area contributed by atoms with Crippen LogP contribution >= 0.6 is 0 Å². The zero-order valence-electron chi connectivity index (χ0n) is 11.1. The van der Waals surface area contributed by atoms with Crippen molar-refractivity contribution in [2.75, 3.05) is 6.61 Å². The number of carboxylic acid groups (broad SMARTS) is 1. The van der Waals surface area contributed by atoms with E-state index >= 15 is 0 Å². The molecule has 0 rings (SSSR count). The molecule has 0 saturated heterocycles. The van der Waals surface area contributed by atoms with E-state index in [4.69, 9.17) is 14.9 Å². The van der Waals surface area contributed by atoms with Crippen LogP contribution in [0.4, 0.5) is 0 Å². The minimum absolute atomic E-state index is 0.244. The van der Waals surface area contributed by atoms with Gasteiger partial charge in [-0.05, 0) is 6.92 Å². The van der Waals surface area contributed by atoms with E-state index < -0.39 is 48.9 Å². The largest absolute Gasteiger partial charge is 0.479 e. The van der Waals surface area contributed by atoms with Gasteiger partial charge < -0.3 is 35.3 Å². The van der Waals surface area contributed by atoms with E-state index in [9.17, 15) is 24.6 Å². The number of nitrogens with one attached hydrogen (secondary N) is 1. The molecule has 0 aliphatic rings. The number of ether oxygens (including phenoxy) is 1. The second kappa shape index (κ2) is 8.59. The lowest BCUT2D eigenvalue weighted by Gasteiger charge is -2.31. The van der Waals surface area contributed by atoms with Gasteiger partial charge in [0.2, 0.25) is 5.91 Å². The lowest BCUT2D eigenvalue weighted by Crippen LogP contribution is -2.55. The summed E-state index contributed by atoms with van der Waals surface area (Å²) in [6, 6.07) is -1.37. The highest BCUT2D eigenvalue weighted by molar-refractivity contribution is 5.77. The molecule has 0 saturated carbocycles. The fourth-order valence-corrected chi connectivity index (χ4v) is 1.43. The fraction of sp³-hybridized carbons (Fsp3) is 0.727. The van der Waals surface area contributed by atoms with Crippen LogP contribution in [-0.4, -0.2) is 75.7 Å². The molecule has 5 N–H and O–H groups in total. The topological polar surface area (TPSA) is 153 Å². The van der Waals surface area contributed by atoms with Gasteiger partial charge in [-0.2, -0.15) is 0 Å². The van der Waals surface area contributed by atoms with E-state index in [0.29, 0.717) is 0 Å². The van der Waals surface area contributed by atoms with Crippen LogP contribution in [0, 0.1) is 0 Å². The standard InChI is InChI=1S/C11H19NO8/c1-5(11(18)19)20-10(9(17)8(16)4-14)7(3-13)12-6(2)15/h3,5,7-10,14,16-17H,4H2,1-2H3,(H,12,15)(H,18,19)/t5?,7-,8+,9+,10+/m0/s1. The summed E-state index contributed by atoms with van der Waals surface area (Å²) in [6.07, 6.45) is -6.09. The maximum Gasteiger partial charge on any atom is 0.332 e. The quantitative estimate of drug-likeness (QED) is 0.287. The Kier molecular flexibility index (Phi) is 7.92. The molecule has 0 fully saturated rings. The average Bonchev–Trinajstić information content (AvgIpc) is 2.39. The molecule has 5 atom stereocenters. The number of aliphatic hydroxyl groups excluding tert-OH is 3. The van der Waals surface area contributed by atoms with Gasteiger partial charge in [-0.15, -0.1) is 0 Å². The number of aliphatic carboxylic acids is 1. The molecule has 0 aliphatic carbocycles. The number of carbonyl (C=O) groups is 3. The fourth-order valence-electron chi connectivity index (χ4n) is 1.43. The van der Waals surface area contributed by atoms with Crippen molar-refractivity contribution in [3.8, 4) is 0 Å². The molecule has 0 aromatic carbocycles. The van der Waals surface area contributed by atoms with Crippen molar-refractivity contribution in [3.05, 3.63) is 0 Å². The number of rotatable bonds is 9. The first-order chi connectivity index (χ1) is 9.24. The smallest absolute Gasteiger partial charge is 0.332 e. The van der Waals surface area contributed by atoms with Crippen LogP contribution in [0.25, 0.3) is 0 Å². The molecule has 1 unspecified atom stereocenters. The van der Waals surface area contributed by atoms with E-state index in [1.807, 2.05) is 0 Å². The third kappa shape index (κ3) is 5.61. The highest BCUT2D eigenvalue weighted by Gasteiger charge is 2.36. The van der Waals surface area contributed by atoms with Gasteiger partial charge in [-0.3, -0.25) is 4.79 Å². The molecule has 0 bridgehead atoms. The third-order valence-corrected chi connectivity index (χ3v) is 2.50. The van der Waals surface area contributed by atoms with Gasteiger partial charge in [-0.25, -0.2) is 4.79 Å². The summed E-state index contributed by atoms with van der Waals surface area (Å²) in [5.41, 5.74) is 0. The second-order valence-corrected chi connectivity index (χ2v) is 4.18. The third-order valence-electron chi connectivity index (χ3n) is 2.50. The van der Waals surface area contributed by atoms with Crippen LogP contribution in [0.15, 0.2) is 0 Å². The predicted octanol–water partition coefficient (Wildman–Crippen LogP) is -2.74. The molecule has 0 spiro atoms. The van der Waals surface area contributed by atoms with Gasteiger partial charge >= 0.3 is 5.97 Å². The molecule has 0 aromatic heterocycles. The van der Waals surface area contributed by atoms with Crippen LogP contribution < -0.4 is 5.32 Å². The van der Waals surface area contributed by atoms with Crippen molar-refractivity contribution in [2.45, 2.75) is 44.3 Å². The Labute approximate surface area is 115 Å². The van der Waals surface area contributed by atoms with Crippen molar-refractivity contribution in [3.63, 3.8) is 0 Å². The Morgan fingerprint density at radius 3 is 2.25 bits per heavy atom. The molecule has 0 heterocycles. The summed E-state index contributed by atoms with van der Waals surface area (Å²) in [5.74, 6) is -1.96. The highest BCUT2D eigenvalue weighted by Crippen LogP contribution is 2.12. The first kappa shape index (κ1) is 18.4. The van der Waals surface area contributed by atoms with Crippen LogP contribution in [0.5, 0.6) is 0 Å². The van der Waals surface area contributed by atoms with Gasteiger partial charge in [-0.1, -0.05) is 0 Å². The Morgan fingerprint density at radius 2 is 1.90 bits per heavy atom. The van der Waals surface area contributed by atoms with E-state index in [1.165, 1.54) is 0 Å². The van der Waals surface area contributed by atoms with E-state index in [1.54, 1.807) is 0 Å². The molecular formula is C11H19NO8. The van der Waals surface area contributed by atoms with Crippen LogP contribution in [0.2, 0.25) is 0 Å². The minimum atomic E-state index is -1.76. The predicted molar refractivity (Wildman–Crippen MR) is 64.7 cm³/mol. The van der Waals surface area contributed by atoms with Gasteiger partial charge in [0.05, 0.1) is 6.61 Å². The number of aldehydes is 1. The highest BCUT2D eigenvalue weighted by atomic mass is 16.5. The lowest BCUT2D eigenvalue weighted by atomic mass is 10.0. The summed E-state index contributed by atoms with van der Waals surface area (Å²) in [4.78, 5) is 32.7. The Morgan fingerprint density at radius 1 is 1.35 bits per heavy atom. The number of carboxylic acids is 1. The molecule has 9 heteroatoms. The Balaban J connectivity index is 5.15. The zero-order valence-corrected chi connectivity index (χ0v) is 11.1. The zero-order chi connectivity index (χ0) is 15.9. The molecule has 0 radical (unpaired) electrons. The monoisotopic (exact) mass is 293 g/mol. The average molecular weight is 293 g/mol. The number of hydrogen-bond acceptors (Lipinski definition) is 7. The number of carbonyl (C=O) groups excluding carboxylic acids is 2. The maximum absolute atomic E-state index is 11.0. The molecule has 0 aliphatic heterocycles. The van der Waals surface area contributed by atoms with Gasteiger partial charge in [0, 0.05) is 6.92 Å². The SMILES string of the molecule is CC(=O)N[C@@H](C=O)[C@@H](OC(C)C(=O)O)[C@H](O)[C@H](O)CO. The van der Waals surface area contributed by atoms with E-state index in [2.05, 4.69) is 5.32 Å². The van der Waals surface area contributed by atoms with Crippen molar-refractivity contribution in [2.24, 2.45) is 0 Å². The minimum Gasteiger partial charge on any atom is -0.479 e. The summed E-state index contributed by atoms with van der Waals surface area (Å²) in [5, 5.41) is 38.8. The summed E-state index contributed by atoms with van der Waals surface area (Å²) in [7, 11) is 0. The van der Waals surface area contributed by atoms with Gasteiger partial charge in [0.25, 0.3) is 0 Å². The molecule has 0 aromatic rings. The van der Waals surface area contributed by atoms with Gasteiger partial charge in [0.15, 0.2) is 6.10 Å². The van der Waals surface area contributed by atoms with Gasteiger partial charge in [0.1, 0.15) is 30.6 Å². The van der Waals surface area contributed by atoms with Crippen molar-refractivity contribution >= 4 is 18.2 Å². The first-order valence-electron chi connectivity index (χ1n) is 5.82. The number of hydrogen-bond donors (Lipinski definition) is 5. The van der Waals surface area contributed by atoms with E-state index in [0.717, 1.165) is 13.8 Å². The lowest BCUT2D eigenvalue weighted by molar-refractivity contribution is -0.168. The number of aliphatic hydroxyl groups is 3. The molecule has 116 valence electrons. The van der Waals surface area contributed by atoms with Crippen molar-refractivity contribution in [1.29, 1.82) is 0 Å². The maximum atomic E-state index is 11.0. The van der Waals surface area contributed by atoms with Crippen molar-refractivity contribution in [1.82, 2.24) is 5.32 Å². The van der Waals surface area contributed by atoms with Crippen molar-refractivity contribution < 1.29 is 39.5 Å². The molecule has 1 amide bonds. The normalized spacial score (nSPS) is 18.4. The summed E-state index contributed by atoms with van der Waals surface area (Å²) in [6.45, 7) is 1.44. The molecule has 9 nitrogen and oxygen atoms in total. The Hall–Kier alpha value is -1.55. The summed E-state index contributed by atoms with van der Waals surface area (Å²) >= 11 is 0. The summed E-state index contributed by atoms with van der Waals surface area (Å²) < 4.78 is 4.98. The Bertz CT molecular complexity index is 347. The molecular weight excluding hydrogens is 274 g/mol. The second-order valence-electron chi connectivity index (χ2n) is 4.18.